The summed E-state index contributed by atoms with van der Waals surface area (Å²) in [5.74, 6) is 0.145. The molecule has 0 spiro atoms. The van der Waals surface area contributed by atoms with Crippen molar-refractivity contribution in [1.29, 1.82) is 5.26 Å². The molecule has 0 unspecified atom stereocenters. The predicted molar refractivity (Wildman–Crippen MR) is 119 cm³/mol. The maximum absolute atomic E-state index is 11.1. The molecule has 0 fully saturated rings. The molecule has 0 aliphatic carbocycles. The summed E-state index contributed by atoms with van der Waals surface area (Å²) < 4.78 is 5.11. The highest BCUT2D eigenvalue weighted by atomic mass is 32.1. The molecule has 0 saturated carbocycles. The van der Waals surface area contributed by atoms with Crippen molar-refractivity contribution in [2.24, 2.45) is 0 Å². The first kappa shape index (κ1) is 21.0. The zero-order chi connectivity index (χ0) is 21.7. The van der Waals surface area contributed by atoms with E-state index in [2.05, 4.69) is 35.4 Å². The number of aryl methyl sites for hydroxylation is 2. The number of nitro benzene ring substituents is 1. The van der Waals surface area contributed by atoms with E-state index < -0.39 is 4.92 Å². The number of nitriles is 1. The van der Waals surface area contributed by atoms with Gasteiger partial charge in [-0.25, -0.2) is 4.98 Å². The first-order chi connectivity index (χ1) is 14.5. The van der Waals surface area contributed by atoms with Gasteiger partial charge in [0.1, 0.15) is 16.6 Å². The summed E-state index contributed by atoms with van der Waals surface area (Å²) >= 11 is 1.38. The Balaban J connectivity index is 1.86. The zero-order valence-corrected chi connectivity index (χ0v) is 17.6. The largest absolute Gasteiger partial charge is 0.490 e. The second-order valence-corrected chi connectivity index (χ2v) is 7.36. The molecule has 0 atom stereocenters. The summed E-state index contributed by atoms with van der Waals surface area (Å²) in [5.41, 5.74) is 4.59. The topological polar surface area (TPSA) is 101 Å². The fourth-order valence-corrected chi connectivity index (χ4v) is 3.66. The number of anilines is 1. The summed E-state index contributed by atoms with van der Waals surface area (Å²) in [6, 6.07) is 13.3. The third-order valence-corrected chi connectivity index (χ3v) is 5.48. The monoisotopic (exact) mass is 420 g/mol. The van der Waals surface area contributed by atoms with Gasteiger partial charge in [-0.3, -0.25) is 10.1 Å². The summed E-state index contributed by atoms with van der Waals surface area (Å²) in [5, 5.41) is 26.3. The molecule has 0 saturated heterocycles. The van der Waals surface area contributed by atoms with Gasteiger partial charge in [0.2, 0.25) is 0 Å². The molecule has 0 radical (unpaired) electrons. The minimum atomic E-state index is -0.490. The molecule has 7 nitrogen and oxygen atoms in total. The molecule has 3 aromatic rings. The van der Waals surface area contributed by atoms with Crippen molar-refractivity contribution < 1.29 is 9.66 Å². The molecule has 30 heavy (non-hydrogen) atoms. The number of hydrogen-bond donors (Lipinski definition) is 1. The minimum Gasteiger partial charge on any atom is -0.490 e. The summed E-state index contributed by atoms with van der Waals surface area (Å²) in [7, 11) is 1.38. The van der Waals surface area contributed by atoms with Crippen LogP contribution in [0, 0.1) is 28.4 Å². The quantitative estimate of drug-likeness (QED) is 0.304. The van der Waals surface area contributed by atoms with Crippen molar-refractivity contribution in [3.05, 3.63) is 74.2 Å². The van der Waals surface area contributed by atoms with Crippen molar-refractivity contribution in [2.45, 2.75) is 20.3 Å². The second-order valence-electron chi connectivity index (χ2n) is 6.50. The smallest absolute Gasteiger partial charge is 0.311 e. The van der Waals surface area contributed by atoms with Crippen molar-refractivity contribution >= 4 is 28.3 Å². The van der Waals surface area contributed by atoms with Gasteiger partial charge in [-0.05, 0) is 24.5 Å². The van der Waals surface area contributed by atoms with Gasteiger partial charge >= 0.3 is 5.69 Å². The summed E-state index contributed by atoms with van der Waals surface area (Å²) in [6.45, 7) is 3.85. The van der Waals surface area contributed by atoms with Crippen molar-refractivity contribution in [3.63, 3.8) is 0 Å². The molecule has 0 aliphatic rings. The van der Waals surface area contributed by atoms with E-state index in [4.69, 9.17) is 4.74 Å². The fraction of sp³-hybridized carbons (Fsp3) is 0.182. The highest BCUT2D eigenvalue weighted by Gasteiger charge is 2.17. The Morgan fingerprint density at radius 2 is 2.10 bits per heavy atom. The summed E-state index contributed by atoms with van der Waals surface area (Å²) in [4.78, 5) is 15.2. The lowest BCUT2D eigenvalue weighted by Crippen LogP contribution is -1.99. The molecular formula is C22H20N4O3S. The van der Waals surface area contributed by atoms with Gasteiger partial charge in [-0.1, -0.05) is 31.2 Å². The van der Waals surface area contributed by atoms with E-state index in [-0.39, 0.29) is 11.4 Å². The van der Waals surface area contributed by atoms with E-state index in [9.17, 15) is 15.4 Å². The van der Waals surface area contributed by atoms with Crippen LogP contribution in [0.4, 0.5) is 11.4 Å². The van der Waals surface area contributed by atoms with E-state index in [0.29, 0.717) is 21.8 Å². The Morgan fingerprint density at radius 1 is 1.37 bits per heavy atom. The first-order valence-electron chi connectivity index (χ1n) is 9.21. The molecular weight excluding hydrogens is 400 g/mol. The van der Waals surface area contributed by atoms with Crippen LogP contribution in [-0.4, -0.2) is 17.0 Å². The number of hydrogen-bond acceptors (Lipinski definition) is 7. The van der Waals surface area contributed by atoms with Crippen LogP contribution in [0.15, 0.2) is 48.0 Å². The molecule has 0 aliphatic heterocycles. The standard InChI is InChI=1S/C22H20N4O3S/c1-4-15-5-7-16(8-6-15)19-13-30-22(25-19)17(11-23)12-24-18-10-21(29-3)20(26(27)28)9-14(18)2/h5-10,12-13,24H,4H2,1-3H3. The predicted octanol–water partition coefficient (Wildman–Crippen LogP) is 5.57. The average Bonchev–Trinajstić information content (AvgIpc) is 3.24. The normalized spacial score (nSPS) is 11.1. The number of nitrogens with one attached hydrogen (secondary N) is 1. The molecule has 152 valence electrons. The number of thiazole rings is 1. The van der Waals surface area contributed by atoms with Crippen LogP contribution < -0.4 is 10.1 Å². The Morgan fingerprint density at radius 3 is 2.70 bits per heavy atom. The third kappa shape index (κ3) is 4.47. The van der Waals surface area contributed by atoms with E-state index in [1.165, 1.54) is 30.1 Å². The number of rotatable bonds is 7. The van der Waals surface area contributed by atoms with Gasteiger partial charge < -0.3 is 10.1 Å². The molecule has 8 heteroatoms. The van der Waals surface area contributed by atoms with E-state index in [1.807, 2.05) is 17.5 Å². The lowest BCUT2D eigenvalue weighted by molar-refractivity contribution is -0.385. The lowest BCUT2D eigenvalue weighted by Gasteiger charge is -2.09. The van der Waals surface area contributed by atoms with Gasteiger partial charge in [-0.2, -0.15) is 5.26 Å². The molecule has 1 N–H and O–H groups in total. The number of allylic oxidation sites excluding steroid dienone is 1. The number of ether oxygens (including phenoxy) is 1. The van der Waals surface area contributed by atoms with Gasteiger partial charge in [0.15, 0.2) is 5.75 Å². The van der Waals surface area contributed by atoms with Crippen LogP contribution >= 0.6 is 11.3 Å². The van der Waals surface area contributed by atoms with Gasteiger partial charge in [0.25, 0.3) is 0 Å². The van der Waals surface area contributed by atoms with Gasteiger partial charge in [0.05, 0.1) is 17.7 Å². The molecule has 0 bridgehead atoms. The van der Waals surface area contributed by atoms with Crippen LogP contribution in [0.3, 0.4) is 0 Å². The fourth-order valence-electron chi connectivity index (χ4n) is 2.87. The van der Waals surface area contributed by atoms with Crippen molar-refractivity contribution in [2.75, 3.05) is 12.4 Å². The molecule has 3 rings (SSSR count). The van der Waals surface area contributed by atoms with Crippen LogP contribution in [0.5, 0.6) is 5.75 Å². The molecule has 2 aromatic carbocycles. The van der Waals surface area contributed by atoms with Gasteiger partial charge in [-0.15, -0.1) is 11.3 Å². The van der Waals surface area contributed by atoms with E-state index >= 15 is 0 Å². The molecule has 1 aromatic heterocycles. The third-order valence-electron chi connectivity index (χ3n) is 4.61. The SMILES string of the molecule is CCc1ccc(-c2csc(C(C#N)=CNc3cc(OC)c([N+](=O)[O-])cc3C)n2)cc1. The summed E-state index contributed by atoms with van der Waals surface area (Å²) in [6.07, 6.45) is 2.53. The number of benzene rings is 2. The number of methoxy groups -OCH3 is 1. The van der Waals surface area contributed by atoms with E-state index in [0.717, 1.165) is 17.7 Å². The van der Waals surface area contributed by atoms with Gasteiger partial charge in [0, 0.05) is 35.0 Å². The molecule has 0 amide bonds. The zero-order valence-electron chi connectivity index (χ0n) is 16.8. The highest BCUT2D eigenvalue weighted by molar-refractivity contribution is 7.11. The Hall–Kier alpha value is -3.70. The molecule has 1 heterocycles. The first-order valence-corrected chi connectivity index (χ1v) is 10.1. The second kappa shape index (κ2) is 9.20. The number of nitrogens with zero attached hydrogens (tertiary/aromatic N) is 3. The van der Waals surface area contributed by atoms with Crippen LogP contribution in [0.2, 0.25) is 0 Å². The minimum absolute atomic E-state index is 0.108. The van der Waals surface area contributed by atoms with E-state index in [1.54, 1.807) is 19.2 Å². The number of aromatic nitrogens is 1. The Bertz CT molecular complexity index is 1140. The number of nitro groups is 1. The maximum Gasteiger partial charge on any atom is 0.311 e. The highest BCUT2D eigenvalue weighted by Crippen LogP contribution is 2.33. The average molecular weight is 420 g/mol. The van der Waals surface area contributed by atoms with Crippen molar-refractivity contribution in [3.8, 4) is 23.1 Å². The van der Waals surface area contributed by atoms with Crippen molar-refractivity contribution in [1.82, 2.24) is 4.98 Å². The van der Waals surface area contributed by atoms with Crippen LogP contribution in [0.25, 0.3) is 16.8 Å². The van der Waals surface area contributed by atoms with Crippen LogP contribution in [-0.2, 0) is 6.42 Å². The lowest BCUT2D eigenvalue weighted by atomic mass is 10.1. The Kier molecular flexibility index (Phi) is 6.45. The Labute approximate surface area is 178 Å². The van der Waals surface area contributed by atoms with Crippen LogP contribution in [0.1, 0.15) is 23.1 Å². The maximum atomic E-state index is 11.1.